The van der Waals surface area contributed by atoms with Crippen molar-refractivity contribution in [2.24, 2.45) is 5.92 Å². The number of ether oxygens (including phenoxy) is 1. The molecular weight excluding hydrogens is 226 g/mol. The SMILES string of the molecule is CCOC(=O)C(C)N(CCC(C)C)C1CCCC1. The molecule has 1 aliphatic carbocycles. The molecule has 0 aromatic rings. The summed E-state index contributed by atoms with van der Waals surface area (Å²) in [6.07, 6.45) is 6.24. The van der Waals surface area contributed by atoms with Crippen molar-refractivity contribution in [1.29, 1.82) is 0 Å². The number of esters is 1. The molecule has 0 bridgehead atoms. The maximum absolute atomic E-state index is 11.9. The maximum Gasteiger partial charge on any atom is 0.323 e. The lowest BCUT2D eigenvalue weighted by Crippen LogP contribution is -2.46. The Bertz CT molecular complexity index is 247. The van der Waals surface area contributed by atoms with E-state index in [1.165, 1.54) is 25.7 Å². The highest BCUT2D eigenvalue weighted by Crippen LogP contribution is 2.26. The van der Waals surface area contributed by atoms with Crippen molar-refractivity contribution in [3.8, 4) is 0 Å². The van der Waals surface area contributed by atoms with Crippen LogP contribution in [-0.2, 0) is 9.53 Å². The Labute approximate surface area is 112 Å². The van der Waals surface area contributed by atoms with Crippen molar-refractivity contribution in [1.82, 2.24) is 4.90 Å². The van der Waals surface area contributed by atoms with Crippen molar-refractivity contribution in [2.75, 3.05) is 13.2 Å². The minimum absolute atomic E-state index is 0.0619. The van der Waals surface area contributed by atoms with Gasteiger partial charge in [-0.15, -0.1) is 0 Å². The van der Waals surface area contributed by atoms with Crippen LogP contribution in [0.4, 0.5) is 0 Å². The first-order valence-electron chi connectivity index (χ1n) is 7.48. The molecule has 0 heterocycles. The van der Waals surface area contributed by atoms with Gasteiger partial charge in [0.25, 0.3) is 0 Å². The molecule has 0 aromatic heterocycles. The van der Waals surface area contributed by atoms with Gasteiger partial charge in [0, 0.05) is 6.04 Å². The zero-order valence-electron chi connectivity index (χ0n) is 12.4. The molecule has 18 heavy (non-hydrogen) atoms. The Morgan fingerprint density at radius 1 is 1.28 bits per heavy atom. The highest BCUT2D eigenvalue weighted by atomic mass is 16.5. The second kappa shape index (κ2) is 7.78. The third kappa shape index (κ3) is 4.60. The Morgan fingerprint density at radius 3 is 2.39 bits per heavy atom. The van der Waals surface area contributed by atoms with Crippen LogP contribution in [0.1, 0.15) is 59.8 Å². The summed E-state index contributed by atoms with van der Waals surface area (Å²) in [7, 11) is 0. The molecule has 1 fully saturated rings. The Hall–Kier alpha value is -0.570. The standard InChI is InChI=1S/C15H29NO2/c1-5-18-15(17)13(4)16(11-10-12(2)3)14-8-6-7-9-14/h12-14H,5-11H2,1-4H3. The topological polar surface area (TPSA) is 29.5 Å². The van der Waals surface area contributed by atoms with E-state index in [0.29, 0.717) is 18.6 Å². The molecule has 0 amide bonds. The molecule has 0 N–H and O–H groups in total. The maximum atomic E-state index is 11.9. The molecule has 1 unspecified atom stereocenters. The molecule has 0 aromatic carbocycles. The van der Waals surface area contributed by atoms with Gasteiger partial charge in [0.15, 0.2) is 0 Å². The average Bonchev–Trinajstić information content (AvgIpc) is 2.82. The quantitative estimate of drug-likeness (QED) is 0.654. The summed E-state index contributed by atoms with van der Waals surface area (Å²) in [5.74, 6) is 0.622. The summed E-state index contributed by atoms with van der Waals surface area (Å²) in [5, 5.41) is 0. The van der Waals surface area contributed by atoms with Crippen molar-refractivity contribution < 1.29 is 9.53 Å². The molecule has 1 rings (SSSR count). The summed E-state index contributed by atoms with van der Waals surface area (Å²) >= 11 is 0. The van der Waals surface area contributed by atoms with Crippen LogP contribution < -0.4 is 0 Å². The fraction of sp³-hybridized carbons (Fsp3) is 0.933. The van der Waals surface area contributed by atoms with Crippen LogP contribution in [0.5, 0.6) is 0 Å². The summed E-state index contributed by atoms with van der Waals surface area (Å²) in [6.45, 7) is 9.84. The highest BCUT2D eigenvalue weighted by molar-refractivity contribution is 5.75. The highest BCUT2D eigenvalue weighted by Gasteiger charge is 2.30. The van der Waals surface area contributed by atoms with E-state index >= 15 is 0 Å². The molecule has 0 aliphatic heterocycles. The van der Waals surface area contributed by atoms with Crippen molar-refractivity contribution in [2.45, 2.75) is 71.9 Å². The molecule has 1 saturated carbocycles. The van der Waals surface area contributed by atoms with E-state index < -0.39 is 0 Å². The first kappa shape index (κ1) is 15.5. The van der Waals surface area contributed by atoms with Gasteiger partial charge in [-0.3, -0.25) is 9.69 Å². The van der Waals surface area contributed by atoms with Crippen LogP contribution in [0.25, 0.3) is 0 Å². The van der Waals surface area contributed by atoms with Crippen molar-refractivity contribution in [3.05, 3.63) is 0 Å². The predicted molar refractivity (Wildman–Crippen MR) is 74.5 cm³/mol. The molecule has 0 radical (unpaired) electrons. The second-order valence-corrected chi connectivity index (χ2v) is 5.79. The average molecular weight is 255 g/mol. The first-order valence-corrected chi connectivity index (χ1v) is 7.48. The number of nitrogens with zero attached hydrogens (tertiary/aromatic N) is 1. The third-order valence-electron chi connectivity index (χ3n) is 3.88. The lowest BCUT2D eigenvalue weighted by Gasteiger charge is -2.33. The largest absolute Gasteiger partial charge is 0.465 e. The number of carbonyl (C=O) groups excluding carboxylic acids is 1. The van der Waals surface area contributed by atoms with E-state index in [9.17, 15) is 4.79 Å². The minimum atomic E-state index is -0.0909. The number of hydrogen-bond acceptors (Lipinski definition) is 3. The summed E-state index contributed by atoms with van der Waals surface area (Å²) < 4.78 is 5.17. The molecule has 1 aliphatic rings. The predicted octanol–water partition coefficient (Wildman–Crippen LogP) is 3.23. The van der Waals surface area contributed by atoms with E-state index in [0.717, 1.165) is 13.0 Å². The van der Waals surface area contributed by atoms with E-state index in [-0.39, 0.29) is 12.0 Å². The zero-order chi connectivity index (χ0) is 13.5. The van der Waals surface area contributed by atoms with Gasteiger partial charge in [-0.2, -0.15) is 0 Å². The normalized spacial score (nSPS) is 18.6. The number of rotatable bonds is 7. The van der Waals surface area contributed by atoms with Crippen molar-refractivity contribution >= 4 is 5.97 Å². The minimum Gasteiger partial charge on any atom is -0.465 e. The van der Waals surface area contributed by atoms with E-state index in [1.54, 1.807) is 0 Å². The lowest BCUT2D eigenvalue weighted by molar-refractivity contribution is -0.150. The van der Waals surface area contributed by atoms with Gasteiger partial charge in [-0.1, -0.05) is 26.7 Å². The smallest absolute Gasteiger partial charge is 0.323 e. The lowest BCUT2D eigenvalue weighted by atomic mass is 10.1. The number of carbonyl (C=O) groups is 1. The van der Waals surface area contributed by atoms with E-state index in [2.05, 4.69) is 18.7 Å². The third-order valence-corrected chi connectivity index (χ3v) is 3.88. The molecule has 1 atom stereocenters. The van der Waals surface area contributed by atoms with Crippen molar-refractivity contribution in [3.63, 3.8) is 0 Å². The Balaban J connectivity index is 2.59. The molecule has 106 valence electrons. The molecule has 3 heteroatoms. The Kier molecular flexibility index (Phi) is 6.69. The van der Waals surface area contributed by atoms with Crippen LogP contribution >= 0.6 is 0 Å². The Morgan fingerprint density at radius 2 is 1.89 bits per heavy atom. The zero-order valence-corrected chi connectivity index (χ0v) is 12.4. The van der Waals surface area contributed by atoms with Crippen LogP contribution in [0.2, 0.25) is 0 Å². The first-order chi connectivity index (χ1) is 8.56. The van der Waals surface area contributed by atoms with E-state index in [1.807, 2.05) is 13.8 Å². The fourth-order valence-corrected chi connectivity index (χ4v) is 2.73. The van der Waals surface area contributed by atoms with Gasteiger partial charge < -0.3 is 4.74 Å². The molecular formula is C15H29NO2. The van der Waals surface area contributed by atoms with Crippen LogP contribution in [0.3, 0.4) is 0 Å². The van der Waals surface area contributed by atoms with E-state index in [4.69, 9.17) is 4.74 Å². The van der Waals surface area contributed by atoms with Crippen LogP contribution in [-0.4, -0.2) is 36.1 Å². The van der Waals surface area contributed by atoms with Crippen LogP contribution in [0.15, 0.2) is 0 Å². The van der Waals surface area contributed by atoms with Gasteiger partial charge in [-0.05, 0) is 45.6 Å². The second-order valence-electron chi connectivity index (χ2n) is 5.79. The molecule has 0 spiro atoms. The number of hydrogen-bond donors (Lipinski definition) is 0. The molecule has 0 saturated heterocycles. The van der Waals surface area contributed by atoms with Crippen LogP contribution in [0, 0.1) is 5.92 Å². The van der Waals surface area contributed by atoms with Gasteiger partial charge in [-0.25, -0.2) is 0 Å². The van der Waals surface area contributed by atoms with Gasteiger partial charge >= 0.3 is 5.97 Å². The summed E-state index contributed by atoms with van der Waals surface area (Å²) in [5.41, 5.74) is 0. The monoisotopic (exact) mass is 255 g/mol. The van der Waals surface area contributed by atoms with Gasteiger partial charge in [0.1, 0.15) is 6.04 Å². The van der Waals surface area contributed by atoms with Gasteiger partial charge in [0.05, 0.1) is 6.61 Å². The summed E-state index contributed by atoms with van der Waals surface area (Å²) in [4.78, 5) is 14.3. The molecule has 3 nitrogen and oxygen atoms in total. The van der Waals surface area contributed by atoms with Gasteiger partial charge in [0.2, 0.25) is 0 Å². The summed E-state index contributed by atoms with van der Waals surface area (Å²) in [6, 6.07) is 0.495. The fourth-order valence-electron chi connectivity index (χ4n) is 2.73.